The first-order valence-corrected chi connectivity index (χ1v) is 8.05. The predicted octanol–water partition coefficient (Wildman–Crippen LogP) is 2.67. The van der Waals surface area contributed by atoms with Crippen LogP contribution in [0.4, 0.5) is 4.39 Å². The van der Waals surface area contributed by atoms with Crippen LogP contribution in [-0.2, 0) is 11.3 Å². The third-order valence-corrected chi connectivity index (χ3v) is 4.08. The van der Waals surface area contributed by atoms with Gasteiger partial charge in [0.15, 0.2) is 0 Å². The van der Waals surface area contributed by atoms with E-state index in [1.54, 1.807) is 19.4 Å². The highest BCUT2D eigenvalue weighted by Crippen LogP contribution is 2.19. The molecule has 1 aromatic carbocycles. The summed E-state index contributed by atoms with van der Waals surface area (Å²) < 4.78 is 17.8. The normalized spacial score (nSPS) is 13.6. The molecule has 0 fully saturated rings. The summed E-state index contributed by atoms with van der Waals surface area (Å²) in [5, 5.41) is 15.3. The first-order chi connectivity index (χ1) is 11.0. The summed E-state index contributed by atoms with van der Waals surface area (Å²) in [4.78, 5) is 16.3. The second kappa shape index (κ2) is 8.14. The zero-order valence-corrected chi connectivity index (χ0v) is 13.8. The Hall–Kier alpha value is -1.83. The second-order valence-electron chi connectivity index (χ2n) is 5.24. The first-order valence-electron chi connectivity index (χ1n) is 7.17. The molecule has 0 saturated carbocycles. The number of nitrogens with one attached hydrogen (secondary N) is 1. The van der Waals surface area contributed by atoms with E-state index in [4.69, 9.17) is 4.74 Å². The molecular formula is C16H19FN2O3S. The van der Waals surface area contributed by atoms with Gasteiger partial charge in [-0.1, -0.05) is 12.1 Å². The number of ether oxygens (including phenoxy) is 1. The van der Waals surface area contributed by atoms with E-state index in [0.29, 0.717) is 24.3 Å². The van der Waals surface area contributed by atoms with Crippen molar-refractivity contribution in [3.8, 4) is 0 Å². The lowest BCUT2D eigenvalue weighted by Gasteiger charge is -2.17. The fourth-order valence-corrected chi connectivity index (χ4v) is 2.86. The third kappa shape index (κ3) is 5.09. The highest BCUT2D eigenvalue weighted by molar-refractivity contribution is 7.09. The molecule has 23 heavy (non-hydrogen) atoms. The van der Waals surface area contributed by atoms with Crippen molar-refractivity contribution in [1.82, 2.24) is 10.3 Å². The summed E-state index contributed by atoms with van der Waals surface area (Å²) >= 11 is 1.36. The van der Waals surface area contributed by atoms with Crippen molar-refractivity contribution in [3.63, 3.8) is 0 Å². The Labute approximate surface area is 138 Å². The molecule has 7 heteroatoms. The lowest BCUT2D eigenvalue weighted by atomic mass is 10.0. The van der Waals surface area contributed by atoms with E-state index in [1.165, 1.54) is 35.6 Å². The van der Waals surface area contributed by atoms with Crippen molar-refractivity contribution in [2.24, 2.45) is 0 Å². The van der Waals surface area contributed by atoms with E-state index in [2.05, 4.69) is 10.3 Å². The van der Waals surface area contributed by atoms with Crippen LogP contribution in [0.5, 0.6) is 0 Å². The molecule has 0 saturated heterocycles. The molecule has 2 atom stereocenters. The van der Waals surface area contributed by atoms with Crippen molar-refractivity contribution in [3.05, 3.63) is 51.7 Å². The maximum atomic E-state index is 12.9. The number of aromatic nitrogens is 1. The first kappa shape index (κ1) is 17.5. The number of hydrogen-bond acceptors (Lipinski definition) is 5. The summed E-state index contributed by atoms with van der Waals surface area (Å²) in [5.74, 6) is -0.639. The molecule has 1 aromatic heterocycles. The number of benzene rings is 1. The quantitative estimate of drug-likeness (QED) is 0.814. The molecule has 2 unspecified atom stereocenters. The van der Waals surface area contributed by atoms with Gasteiger partial charge in [-0.25, -0.2) is 9.37 Å². The number of aliphatic hydroxyl groups is 1. The van der Waals surface area contributed by atoms with E-state index in [1.807, 2.05) is 0 Å². The maximum Gasteiger partial charge on any atom is 0.270 e. The van der Waals surface area contributed by atoms with Crippen LogP contribution in [0.25, 0.3) is 0 Å². The molecule has 1 heterocycles. The number of hydrogen-bond donors (Lipinski definition) is 2. The highest BCUT2D eigenvalue weighted by atomic mass is 32.1. The van der Waals surface area contributed by atoms with Crippen LogP contribution in [-0.4, -0.2) is 29.1 Å². The average Bonchev–Trinajstić information content (AvgIpc) is 2.97. The van der Waals surface area contributed by atoms with Gasteiger partial charge >= 0.3 is 0 Å². The summed E-state index contributed by atoms with van der Waals surface area (Å²) in [6.07, 6.45) is -0.447. The number of aliphatic hydroxyl groups excluding tert-OH is 1. The van der Waals surface area contributed by atoms with E-state index in [0.717, 1.165) is 5.01 Å². The molecule has 0 spiro atoms. The van der Waals surface area contributed by atoms with Crippen LogP contribution in [0, 0.1) is 5.82 Å². The molecule has 2 rings (SSSR count). The number of thiazole rings is 1. The SMILES string of the molecule is COCc1nc(C(=O)NC(C)CC(O)c2ccc(F)cc2)cs1. The van der Waals surface area contributed by atoms with Crippen LogP contribution in [0.15, 0.2) is 29.6 Å². The Morgan fingerprint density at radius 2 is 2.13 bits per heavy atom. The second-order valence-corrected chi connectivity index (χ2v) is 6.18. The lowest BCUT2D eigenvalue weighted by Crippen LogP contribution is -2.34. The zero-order valence-electron chi connectivity index (χ0n) is 13.0. The van der Waals surface area contributed by atoms with Crippen molar-refractivity contribution >= 4 is 17.2 Å². The van der Waals surface area contributed by atoms with Crippen molar-refractivity contribution in [1.29, 1.82) is 0 Å². The Bertz CT molecular complexity index is 645. The van der Waals surface area contributed by atoms with Crippen LogP contribution >= 0.6 is 11.3 Å². The molecule has 0 bridgehead atoms. The van der Waals surface area contributed by atoms with Crippen molar-refractivity contribution < 1.29 is 19.0 Å². The average molecular weight is 338 g/mol. The van der Waals surface area contributed by atoms with Crippen molar-refractivity contribution in [2.75, 3.05) is 7.11 Å². The Morgan fingerprint density at radius 1 is 1.43 bits per heavy atom. The van der Waals surface area contributed by atoms with Gasteiger partial charge in [-0.05, 0) is 31.0 Å². The topological polar surface area (TPSA) is 71.5 Å². The molecule has 0 aliphatic rings. The van der Waals surface area contributed by atoms with Gasteiger partial charge in [0, 0.05) is 18.5 Å². The zero-order chi connectivity index (χ0) is 16.8. The van der Waals surface area contributed by atoms with Gasteiger partial charge in [0.05, 0.1) is 12.7 Å². The van der Waals surface area contributed by atoms with Gasteiger partial charge in [-0.15, -0.1) is 11.3 Å². The summed E-state index contributed by atoms with van der Waals surface area (Å²) in [6, 6.07) is 5.41. The van der Waals surface area contributed by atoms with Gasteiger partial charge in [0.1, 0.15) is 16.5 Å². The molecule has 2 aromatic rings. The van der Waals surface area contributed by atoms with Gasteiger partial charge < -0.3 is 15.2 Å². The minimum absolute atomic E-state index is 0.255. The van der Waals surface area contributed by atoms with E-state index in [-0.39, 0.29) is 17.8 Å². The Kier molecular flexibility index (Phi) is 6.20. The summed E-state index contributed by atoms with van der Waals surface area (Å²) in [6.45, 7) is 2.17. The fourth-order valence-electron chi connectivity index (χ4n) is 2.12. The fraction of sp³-hybridized carbons (Fsp3) is 0.375. The Morgan fingerprint density at radius 3 is 2.78 bits per heavy atom. The number of halogens is 1. The van der Waals surface area contributed by atoms with Gasteiger partial charge in [0.25, 0.3) is 5.91 Å². The van der Waals surface area contributed by atoms with E-state index >= 15 is 0 Å². The molecule has 0 radical (unpaired) electrons. The van der Waals surface area contributed by atoms with E-state index < -0.39 is 6.10 Å². The molecule has 124 valence electrons. The lowest BCUT2D eigenvalue weighted by molar-refractivity contribution is 0.0912. The largest absolute Gasteiger partial charge is 0.388 e. The predicted molar refractivity (Wildman–Crippen MR) is 85.7 cm³/mol. The highest BCUT2D eigenvalue weighted by Gasteiger charge is 2.17. The molecule has 2 N–H and O–H groups in total. The van der Waals surface area contributed by atoms with Gasteiger partial charge in [0.2, 0.25) is 0 Å². The molecular weight excluding hydrogens is 319 g/mol. The number of carbonyl (C=O) groups excluding carboxylic acids is 1. The van der Waals surface area contributed by atoms with Crippen LogP contribution in [0.3, 0.4) is 0 Å². The van der Waals surface area contributed by atoms with Gasteiger partial charge in [-0.2, -0.15) is 0 Å². The Balaban J connectivity index is 1.88. The molecule has 0 aliphatic carbocycles. The summed E-state index contributed by atoms with van der Waals surface area (Å²) in [5.41, 5.74) is 0.953. The minimum Gasteiger partial charge on any atom is -0.388 e. The number of rotatable bonds is 7. The smallest absolute Gasteiger partial charge is 0.270 e. The monoisotopic (exact) mass is 338 g/mol. The summed E-state index contributed by atoms with van der Waals surface area (Å²) in [7, 11) is 1.57. The molecule has 0 aliphatic heterocycles. The van der Waals surface area contributed by atoms with E-state index in [9.17, 15) is 14.3 Å². The maximum absolute atomic E-state index is 12.9. The number of methoxy groups -OCH3 is 1. The number of carbonyl (C=O) groups is 1. The van der Waals surface area contributed by atoms with Crippen LogP contribution < -0.4 is 5.32 Å². The molecule has 1 amide bonds. The standard InChI is InChI=1S/C16H19FN2O3S/c1-10(7-14(20)11-3-5-12(17)6-4-11)18-16(21)13-9-23-15(19-13)8-22-2/h3-6,9-10,14,20H,7-8H2,1-2H3,(H,18,21). The van der Waals surface area contributed by atoms with Crippen LogP contribution in [0.2, 0.25) is 0 Å². The number of amides is 1. The molecule has 5 nitrogen and oxygen atoms in total. The number of nitrogens with zero attached hydrogens (tertiary/aromatic N) is 1. The minimum atomic E-state index is -0.773. The van der Waals surface area contributed by atoms with Crippen molar-refractivity contribution in [2.45, 2.75) is 32.1 Å². The van der Waals surface area contributed by atoms with Gasteiger partial charge in [-0.3, -0.25) is 4.79 Å². The van der Waals surface area contributed by atoms with Crippen LogP contribution in [0.1, 0.15) is 40.5 Å². The third-order valence-electron chi connectivity index (χ3n) is 3.26.